The fourth-order valence-corrected chi connectivity index (χ4v) is 3.13. The molecule has 5 nitrogen and oxygen atoms in total. The summed E-state index contributed by atoms with van der Waals surface area (Å²) in [5.74, 6) is 1.47. The number of hydrogen-bond donors (Lipinski definition) is 1. The molecule has 0 aromatic carbocycles. The Morgan fingerprint density at radius 3 is 3.18 bits per heavy atom. The highest BCUT2D eigenvalue weighted by Crippen LogP contribution is 2.27. The van der Waals surface area contributed by atoms with Gasteiger partial charge in [0.1, 0.15) is 0 Å². The molecule has 2 aliphatic rings. The lowest BCUT2D eigenvalue weighted by Gasteiger charge is -2.20. The Morgan fingerprint density at radius 1 is 1.41 bits per heavy atom. The lowest BCUT2D eigenvalue weighted by molar-refractivity contribution is 0.297. The van der Waals surface area contributed by atoms with Crippen molar-refractivity contribution < 1.29 is 4.52 Å². The summed E-state index contributed by atoms with van der Waals surface area (Å²) in [6, 6.07) is 1.45. The summed E-state index contributed by atoms with van der Waals surface area (Å²) in [6.45, 7) is 5.36. The summed E-state index contributed by atoms with van der Waals surface area (Å²) < 4.78 is 5.10. The highest BCUT2D eigenvalue weighted by atomic mass is 16.5. The van der Waals surface area contributed by atoms with Crippen LogP contribution in [0.15, 0.2) is 4.52 Å². The van der Waals surface area contributed by atoms with Crippen LogP contribution in [0.25, 0.3) is 0 Å². The van der Waals surface area contributed by atoms with E-state index in [1.807, 2.05) is 6.92 Å². The number of hydrogen-bond acceptors (Lipinski definition) is 5. The third-order valence-corrected chi connectivity index (χ3v) is 3.92. The minimum absolute atomic E-state index is 0.668. The van der Waals surface area contributed by atoms with Gasteiger partial charge in [0.15, 0.2) is 5.82 Å². The molecule has 0 bridgehead atoms. The summed E-state index contributed by atoms with van der Waals surface area (Å²) in [5.41, 5.74) is 0. The Labute approximate surface area is 102 Å². The van der Waals surface area contributed by atoms with Crippen molar-refractivity contribution in [2.45, 2.75) is 44.7 Å². The molecule has 2 fully saturated rings. The average Bonchev–Trinajstić information content (AvgIpc) is 2.97. The zero-order chi connectivity index (χ0) is 11.7. The van der Waals surface area contributed by atoms with E-state index in [9.17, 15) is 0 Å². The van der Waals surface area contributed by atoms with E-state index in [1.165, 1.54) is 32.4 Å². The number of rotatable bonds is 4. The second-order valence-corrected chi connectivity index (χ2v) is 5.08. The second kappa shape index (κ2) is 4.74. The number of aromatic nitrogens is 2. The van der Waals surface area contributed by atoms with Crippen molar-refractivity contribution in [1.29, 1.82) is 0 Å². The normalized spacial score (nSPS) is 28.8. The van der Waals surface area contributed by atoms with Gasteiger partial charge in [-0.15, -0.1) is 0 Å². The summed E-state index contributed by atoms with van der Waals surface area (Å²) >= 11 is 0. The van der Waals surface area contributed by atoms with Gasteiger partial charge in [0.05, 0.1) is 0 Å². The molecule has 0 spiro atoms. The fraction of sp³-hybridized carbons (Fsp3) is 0.833. The largest absolute Gasteiger partial charge is 0.339 e. The maximum atomic E-state index is 5.10. The van der Waals surface area contributed by atoms with E-state index in [2.05, 4.69) is 20.4 Å². The maximum Gasteiger partial charge on any atom is 0.227 e. The summed E-state index contributed by atoms with van der Waals surface area (Å²) in [4.78, 5) is 6.83. The summed E-state index contributed by atoms with van der Waals surface area (Å²) in [5, 5.41) is 7.44. The van der Waals surface area contributed by atoms with Gasteiger partial charge in [-0.1, -0.05) is 5.16 Å². The number of fused-ring (bicyclic) bond motifs is 1. The van der Waals surface area contributed by atoms with Crippen molar-refractivity contribution >= 4 is 0 Å². The van der Waals surface area contributed by atoms with Crippen LogP contribution in [-0.4, -0.2) is 46.8 Å². The van der Waals surface area contributed by atoms with Crippen LogP contribution < -0.4 is 5.32 Å². The molecule has 2 unspecified atom stereocenters. The highest BCUT2D eigenvalue weighted by Gasteiger charge is 2.36. The van der Waals surface area contributed by atoms with Gasteiger partial charge in [-0.3, -0.25) is 4.90 Å². The van der Waals surface area contributed by atoms with Crippen LogP contribution in [0.2, 0.25) is 0 Å². The topological polar surface area (TPSA) is 54.2 Å². The predicted octanol–water partition coefficient (Wildman–Crippen LogP) is 0.747. The summed E-state index contributed by atoms with van der Waals surface area (Å²) in [6.07, 6.45) is 4.85. The molecule has 1 aromatic heterocycles. The number of nitrogens with one attached hydrogen (secondary N) is 1. The molecule has 1 N–H and O–H groups in total. The van der Waals surface area contributed by atoms with Crippen molar-refractivity contribution in [2.75, 3.05) is 19.6 Å². The van der Waals surface area contributed by atoms with Crippen LogP contribution >= 0.6 is 0 Å². The van der Waals surface area contributed by atoms with Crippen molar-refractivity contribution in [1.82, 2.24) is 20.4 Å². The lowest BCUT2D eigenvalue weighted by Crippen LogP contribution is -2.39. The summed E-state index contributed by atoms with van der Waals surface area (Å²) in [7, 11) is 0. The zero-order valence-electron chi connectivity index (χ0n) is 10.4. The van der Waals surface area contributed by atoms with Gasteiger partial charge in [0.25, 0.3) is 0 Å². The van der Waals surface area contributed by atoms with E-state index in [4.69, 9.17) is 4.52 Å². The quantitative estimate of drug-likeness (QED) is 0.836. The first kappa shape index (κ1) is 11.2. The van der Waals surface area contributed by atoms with Crippen molar-refractivity contribution in [3.63, 3.8) is 0 Å². The third-order valence-electron chi connectivity index (χ3n) is 3.92. The van der Waals surface area contributed by atoms with Gasteiger partial charge in [-0.25, -0.2) is 0 Å². The first-order valence-corrected chi connectivity index (χ1v) is 6.59. The first-order valence-electron chi connectivity index (χ1n) is 6.59. The minimum atomic E-state index is 0.668. The number of nitrogens with zero attached hydrogens (tertiary/aromatic N) is 3. The smallest absolute Gasteiger partial charge is 0.227 e. The zero-order valence-corrected chi connectivity index (χ0v) is 10.4. The van der Waals surface area contributed by atoms with Crippen molar-refractivity contribution in [3.05, 3.63) is 11.7 Å². The first-order chi connectivity index (χ1) is 8.33. The van der Waals surface area contributed by atoms with Gasteiger partial charge in [0.2, 0.25) is 5.89 Å². The van der Waals surface area contributed by atoms with Gasteiger partial charge in [0, 0.05) is 31.6 Å². The monoisotopic (exact) mass is 236 g/mol. The standard InChI is InChI=1S/C12H20N4O/c1-9-14-12(17-15-9)4-6-13-10-5-8-16-7-2-3-11(10)16/h10-11,13H,2-8H2,1H3. The minimum Gasteiger partial charge on any atom is -0.339 e. The van der Waals surface area contributed by atoms with Crippen LogP contribution in [0.1, 0.15) is 31.0 Å². The van der Waals surface area contributed by atoms with E-state index in [1.54, 1.807) is 0 Å². The number of aryl methyl sites for hydroxylation is 1. The molecule has 2 saturated heterocycles. The molecule has 17 heavy (non-hydrogen) atoms. The van der Waals surface area contributed by atoms with Crippen molar-refractivity contribution in [2.24, 2.45) is 0 Å². The van der Waals surface area contributed by atoms with Crippen LogP contribution in [0.3, 0.4) is 0 Å². The average molecular weight is 236 g/mol. The Balaban J connectivity index is 1.45. The Morgan fingerprint density at radius 2 is 2.35 bits per heavy atom. The lowest BCUT2D eigenvalue weighted by atomic mass is 10.1. The molecule has 0 aliphatic carbocycles. The van der Waals surface area contributed by atoms with E-state index in [-0.39, 0.29) is 0 Å². The van der Waals surface area contributed by atoms with Crippen LogP contribution in [0.4, 0.5) is 0 Å². The molecular formula is C12H20N4O. The molecule has 0 saturated carbocycles. The Hall–Kier alpha value is -0.940. The molecule has 2 atom stereocenters. The van der Waals surface area contributed by atoms with Crippen LogP contribution in [0.5, 0.6) is 0 Å². The van der Waals surface area contributed by atoms with Gasteiger partial charge < -0.3 is 9.84 Å². The third kappa shape index (κ3) is 2.35. The fourth-order valence-electron chi connectivity index (χ4n) is 3.13. The Bertz CT molecular complexity index is 378. The van der Waals surface area contributed by atoms with E-state index >= 15 is 0 Å². The Kier molecular flexibility index (Phi) is 3.11. The van der Waals surface area contributed by atoms with E-state index in [0.717, 1.165) is 30.7 Å². The van der Waals surface area contributed by atoms with Gasteiger partial charge in [-0.2, -0.15) is 4.98 Å². The molecule has 3 rings (SSSR count). The van der Waals surface area contributed by atoms with Crippen LogP contribution in [-0.2, 0) is 6.42 Å². The molecule has 2 aliphatic heterocycles. The molecule has 1 aromatic rings. The van der Waals surface area contributed by atoms with Crippen molar-refractivity contribution in [3.8, 4) is 0 Å². The molecule has 0 amide bonds. The van der Waals surface area contributed by atoms with E-state index in [0.29, 0.717) is 6.04 Å². The predicted molar refractivity (Wildman–Crippen MR) is 63.7 cm³/mol. The molecule has 94 valence electrons. The highest BCUT2D eigenvalue weighted by molar-refractivity contribution is 4.96. The molecule has 5 heteroatoms. The van der Waals surface area contributed by atoms with Gasteiger partial charge in [-0.05, 0) is 32.7 Å². The molecule has 3 heterocycles. The van der Waals surface area contributed by atoms with Gasteiger partial charge >= 0.3 is 0 Å². The molecule has 0 radical (unpaired) electrons. The van der Waals surface area contributed by atoms with E-state index < -0.39 is 0 Å². The maximum absolute atomic E-state index is 5.10. The SMILES string of the molecule is Cc1noc(CCNC2CCN3CCCC23)n1. The second-order valence-electron chi connectivity index (χ2n) is 5.08. The molecular weight excluding hydrogens is 216 g/mol. The van der Waals surface area contributed by atoms with Crippen LogP contribution in [0, 0.1) is 6.92 Å².